The van der Waals surface area contributed by atoms with Crippen molar-refractivity contribution in [1.82, 2.24) is 0 Å². The Morgan fingerprint density at radius 2 is 2.23 bits per heavy atom. The van der Waals surface area contributed by atoms with Gasteiger partial charge in [-0.25, -0.2) is 4.21 Å². The normalized spacial score (nSPS) is 12.5. The SMILES string of the molecule is CCS(=O)Nc1cc(C)ccc1N. The van der Waals surface area contributed by atoms with E-state index in [1.165, 1.54) is 0 Å². The van der Waals surface area contributed by atoms with Crippen LogP contribution < -0.4 is 10.5 Å². The Hall–Kier alpha value is -1.03. The van der Waals surface area contributed by atoms with E-state index in [0.29, 0.717) is 11.4 Å². The predicted octanol–water partition coefficient (Wildman–Crippen LogP) is 1.67. The molecule has 3 N–H and O–H groups in total. The first kappa shape index (κ1) is 10.1. The molecular weight excluding hydrogens is 184 g/mol. The quantitative estimate of drug-likeness (QED) is 0.726. The molecular formula is C9H14N2OS. The lowest BCUT2D eigenvalue weighted by molar-refractivity contribution is 0.687. The van der Waals surface area contributed by atoms with Crippen LogP contribution in [0.1, 0.15) is 12.5 Å². The maximum absolute atomic E-state index is 11.2. The number of nitrogens with one attached hydrogen (secondary N) is 1. The zero-order valence-electron chi connectivity index (χ0n) is 7.83. The summed E-state index contributed by atoms with van der Waals surface area (Å²) in [7, 11) is -1.03. The second kappa shape index (κ2) is 4.28. The maximum Gasteiger partial charge on any atom is 0.116 e. The van der Waals surface area contributed by atoms with Crippen molar-refractivity contribution in [2.45, 2.75) is 13.8 Å². The van der Waals surface area contributed by atoms with Crippen LogP contribution in [0.3, 0.4) is 0 Å². The fourth-order valence-electron chi connectivity index (χ4n) is 0.953. The van der Waals surface area contributed by atoms with Crippen LogP contribution in [0.2, 0.25) is 0 Å². The molecule has 1 aromatic rings. The molecule has 1 aromatic carbocycles. The molecule has 4 heteroatoms. The Bertz CT molecular complexity index is 325. The average Bonchev–Trinajstić information content (AvgIpc) is 2.11. The molecule has 0 amide bonds. The van der Waals surface area contributed by atoms with Gasteiger partial charge in [-0.1, -0.05) is 13.0 Å². The summed E-state index contributed by atoms with van der Waals surface area (Å²) in [5.41, 5.74) is 8.18. The molecule has 1 rings (SSSR count). The zero-order valence-corrected chi connectivity index (χ0v) is 8.65. The van der Waals surface area contributed by atoms with Crippen LogP contribution in [0.15, 0.2) is 18.2 Å². The highest BCUT2D eigenvalue weighted by Crippen LogP contribution is 2.19. The van der Waals surface area contributed by atoms with Crippen molar-refractivity contribution >= 4 is 22.4 Å². The van der Waals surface area contributed by atoms with E-state index in [1.807, 2.05) is 32.0 Å². The minimum atomic E-state index is -1.03. The summed E-state index contributed by atoms with van der Waals surface area (Å²) < 4.78 is 14.0. The van der Waals surface area contributed by atoms with Gasteiger partial charge in [0, 0.05) is 5.75 Å². The Balaban J connectivity index is 2.87. The molecule has 0 fully saturated rings. The lowest BCUT2D eigenvalue weighted by Gasteiger charge is -2.07. The van der Waals surface area contributed by atoms with Gasteiger partial charge in [-0.15, -0.1) is 0 Å². The van der Waals surface area contributed by atoms with E-state index in [4.69, 9.17) is 5.73 Å². The Kier molecular flexibility index (Phi) is 3.31. The summed E-state index contributed by atoms with van der Waals surface area (Å²) in [6.45, 7) is 3.83. The molecule has 72 valence electrons. The van der Waals surface area contributed by atoms with Gasteiger partial charge in [0.05, 0.1) is 11.4 Å². The van der Waals surface area contributed by atoms with Gasteiger partial charge in [-0.05, 0) is 24.6 Å². The zero-order chi connectivity index (χ0) is 9.84. The Labute approximate surface area is 80.9 Å². The topological polar surface area (TPSA) is 55.1 Å². The molecule has 0 saturated carbocycles. The van der Waals surface area contributed by atoms with Gasteiger partial charge >= 0.3 is 0 Å². The van der Waals surface area contributed by atoms with Crippen molar-refractivity contribution < 1.29 is 4.21 Å². The summed E-state index contributed by atoms with van der Waals surface area (Å²) in [4.78, 5) is 0. The maximum atomic E-state index is 11.2. The van der Waals surface area contributed by atoms with Gasteiger partial charge in [-0.3, -0.25) is 0 Å². The highest BCUT2D eigenvalue weighted by molar-refractivity contribution is 7.86. The number of nitrogen functional groups attached to an aromatic ring is 1. The van der Waals surface area contributed by atoms with E-state index < -0.39 is 11.0 Å². The lowest BCUT2D eigenvalue weighted by Crippen LogP contribution is -2.08. The molecule has 1 unspecified atom stereocenters. The van der Waals surface area contributed by atoms with Gasteiger partial charge in [0.1, 0.15) is 11.0 Å². The van der Waals surface area contributed by atoms with Crippen molar-refractivity contribution in [1.29, 1.82) is 0 Å². The molecule has 13 heavy (non-hydrogen) atoms. The van der Waals surface area contributed by atoms with Gasteiger partial charge < -0.3 is 10.5 Å². The summed E-state index contributed by atoms with van der Waals surface area (Å²) in [6, 6.07) is 5.63. The molecule has 0 aliphatic heterocycles. The van der Waals surface area contributed by atoms with Crippen molar-refractivity contribution in [3.63, 3.8) is 0 Å². The molecule has 0 aliphatic rings. The first-order chi connectivity index (χ1) is 6.13. The number of hydrogen-bond donors (Lipinski definition) is 2. The molecule has 0 heterocycles. The highest BCUT2D eigenvalue weighted by atomic mass is 32.2. The van der Waals surface area contributed by atoms with Crippen LogP contribution >= 0.6 is 0 Å². The van der Waals surface area contributed by atoms with E-state index in [1.54, 1.807) is 0 Å². The smallest absolute Gasteiger partial charge is 0.116 e. The van der Waals surface area contributed by atoms with Crippen molar-refractivity contribution in [2.24, 2.45) is 0 Å². The third-order valence-corrected chi connectivity index (χ3v) is 2.67. The third-order valence-electron chi connectivity index (χ3n) is 1.69. The van der Waals surface area contributed by atoms with Gasteiger partial charge in [0.25, 0.3) is 0 Å². The van der Waals surface area contributed by atoms with E-state index >= 15 is 0 Å². The van der Waals surface area contributed by atoms with Crippen LogP contribution in [-0.2, 0) is 11.0 Å². The lowest BCUT2D eigenvalue weighted by atomic mass is 10.2. The summed E-state index contributed by atoms with van der Waals surface area (Å²) in [6.07, 6.45) is 0. The van der Waals surface area contributed by atoms with E-state index in [0.717, 1.165) is 11.3 Å². The van der Waals surface area contributed by atoms with E-state index in [9.17, 15) is 4.21 Å². The second-order valence-electron chi connectivity index (χ2n) is 2.83. The average molecular weight is 198 g/mol. The number of rotatable bonds is 3. The molecule has 0 aliphatic carbocycles. The van der Waals surface area contributed by atoms with Gasteiger partial charge in [-0.2, -0.15) is 0 Å². The summed E-state index contributed by atoms with van der Waals surface area (Å²) in [5, 5.41) is 0. The number of nitrogens with two attached hydrogens (primary N) is 1. The van der Waals surface area contributed by atoms with Crippen molar-refractivity contribution in [3.05, 3.63) is 23.8 Å². The number of aryl methyl sites for hydroxylation is 1. The third kappa shape index (κ3) is 2.73. The summed E-state index contributed by atoms with van der Waals surface area (Å²) in [5.74, 6) is 0.577. The Morgan fingerprint density at radius 1 is 1.54 bits per heavy atom. The molecule has 0 saturated heterocycles. The van der Waals surface area contributed by atoms with E-state index in [-0.39, 0.29) is 0 Å². The van der Waals surface area contributed by atoms with Crippen molar-refractivity contribution in [2.75, 3.05) is 16.2 Å². The molecule has 3 nitrogen and oxygen atoms in total. The minimum absolute atomic E-state index is 0.577. The first-order valence-corrected chi connectivity index (χ1v) is 5.46. The van der Waals surface area contributed by atoms with Gasteiger partial charge in [0.2, 0.25) is 0 Å². The van der Waals surface area contributed by atoms with Crippen LogP contribution in [0, 0.1) is 6.92 Å². The van der Waals surface area contributed by atoms with Gasteiger partial charge in [0.15, 0.2) is 0 Å². The first-order valence-electron chi connectivity index (χ1n) is 4.14. The van der Waals surface area contributed by atoms with E-state index in [2.05, 4.69) is 4.72 Å². The molecule has 1 atom stereocenters. The number of hydrogen-bond acceptors (Lipinski definition) is 2. The fourth-order valence-corrected chi connectivity index (χ4v) is 1.52. The van der Waals surface area contributed by atoms with Crippen LogP contribution in [0.4, 0.5) is 11.4 Å². The Morgan fingerprint density at radius 3 is 2.85 bits per heavy atom. The monoisotopic (exact) mass is 198 g/mol. The second-order valence-corrected chi connectivity index (χ2v) is 4.30. The largest absolute Gasteiger partial charge is 0.397 e. The van der Waals surface area contributed by atoms with Crippen LogP contribution in [0.25, 0.3) is 0 Å². The molecule has 0 radical (unpaired) electrons. The van der Waals surface area contributed by atoms with Crippen molar-refractivity contribution in [3.8, 4) is 0 Å². The summed E-state index contributed by atoms with van der Waals surface area (Å²) >= 11 is 0. The molecule has 0 spiro atoms. The van der Waals surface area contributed by atoms with Crippen LogP contribution in [-0.4, -0.2) is 9.96 Å². The minimum Gasteiger partial charge on any atom is -0.397 e. The van der Waals surface area contributed by atoms with Crippen LogP contribution in [0.5, 0.6) is 0 Å². The molecule has 0 aromatic heterocycles. The fraction of sp³-hybridized carbons (Fsp3) is 0.333. The predicted molar refractivity (Wildman–Crippen MR) is 57.9 cm³/mol. The molecule has 0 bridgehead atoms. The standard InChI is InChI=1S/C9H14N2OS/c1-3-13(12)11-9-6-7(2)4-5-8(9)10/h4-6,11H,3,10H2,1-2H3. The number of anilines is 2. The highest BCUT2D eigenvalue weighted by Gasteiger charge is 2.01. The number of benzene rings is 1.